The van der Waals surface area contributed by atoms with E-state index in [1.165, 1.54) is 4.21 Å². The fourth-order valence-electron chi connectivity index (χ4n) is 0.687. The maximum atomic E-state index is 10.2. The Bertz CT molecular complexity index is 302. The number of hydrogen-bond donors (Lipinski definition) is 1. The Balaban J connectivity index is 2.70. The van der Waals surface area contributed by atoms with E-state index < -0.39 is 5.97 Å². The topological polar surface area (TPSA) is 37.3 Å². The normalized spacial score (nSPS) is 10.8. The van der Waals surface area contributed by atoms with Gasteiger partial charge in [-0.05, 0) is 24.5 Å². The minimum Gasteiger partial charge on any atom is -0.478 e. The predicted molar refractivity (Wildman–Crippen MR) is 52.8 cm³/mol. The summed E-state index contributed by atoms with van der Waals surface area (Å²) in [5.74, 6) is -0.908. The van der Waals surface area contributed by atoms with Crippen molar-refractivity contribution >= 4 is 35.1 Å². The number of carboxylic acid groups (broad SMARTS) is 1. The summed E-state index contributed by atoms with van der Waals surface area (Å²) in [4.78, 5) is 11.1. The van der Waals surface area contributed by atoms with Gasteiger partial charge in [0.1, 0.15) is 0 Å². The van der Waals surface area contributed by atoms with Crippen molar-refractivity contribution in [3.63, 3.8) is 0 Å². The molecule has 1 aromatic rings. The molecule has 12 heavy (non-hydrogen) atoms. The highest BCUT2D eigenvalue weighted by atomic mass is 32.2. The summed E-state index contributed by atoms with van der Waals surface area (Å²) >= 11 is 3.25. The van der Waals surface area contributed by atoms with Crippen LogP contribution >= 0.6 is 23.1 Å². The van der Waals surface area contributed by atoms with Crippen molar-refractivity contribution in [2.75, 3.05) is 6.26 Å². The first-order valence-electron chi connectivity index (χ1n) is 3.27. The smallest absolute Gasteiger partial charge is 0.328 e. The molecule has 1 aromatic heterocycles. The second-order valence-corrected chi connectivity index (χ2v) is 4.25. The molecule has 0 aliphatic rings. The zero-order valence-corrected chi connectivity index (χ0v) is 8.11. The quantitative estimate of drug-likeness (QED) is 0.602. The highest BCUT2D eigenvalue weighted by Gasteiger charge is 1.95. The molecule has 1 N–H and O–H groups in total. The molecular weight excluding hydrogens is 192 g/mol. The van der Waals surface area contributed by atoms with Crippen molar-refractivity contribution < 1.29 is 9.90 Å². The standard InChI is InChI=1S/C8H8O2S2/c1-11-8-5-3-6(12-8)2-4-7(9)10/h2-5H,1H3,(H,9,10). The zero-order valence-electron chi connectivity index (χ0n) is 6.48. The fraction of sp³-hybridized carbons (Fsp3) is 0.125. The molecule has 2 nitrogen and oxygen atoms in total. The van der Waals surface area contributed by atoms with Gasteiger partial charge in [0.25, 0.3) is 0 Å². The SMILES string of the molecule is CSc1ccc(C=CC(=O)O)s1. The van der Waals surface area contributed by atoms with Gasteiger partial charge in [-0.3, -0.25) is 0 Å². The number of rotatable bonds is 3. The van der Waals surface area contributed by atoms with Crippen LogP contribution in [0, 0.1) is 0 Å². The summed E-state index contributed by atoms with van der Waals surface area (Å²) in [6.07, 6.45) is 4.75. The van der Waals surface area contributed by atoms with Crippen LogP contribution in [0.4, 0.5) is 0 Å². The van der Waals surface area contributed by atoms with Gasteiger partial charge in [-0.15, -0.1) is 23.1 Å². The molecule has 0 fully saturated rings. The lowest BCUT2D eigenvalue weighted by Crippen LogP contribution is -1.84. The Morgan fingerprint density at radius 3 is 2.92 bits per heavy atom. The average Bonchev–Trinajstić information content (AvgIpc) is 2.48. The van der Waals surface area contributed by atoms with E-state index in [-0.39, 0.29) is 0 Å². The van der Waals surface area contributed by atoms with E-state index in [0.29, 0.717) is 0 Å². The highest BCUT2D eigenvalue weighted by molar-refractivity contribution is 8.00. The van der Waals surface area contributed by atoms with Crippen LogP contribution in [0.15, 0.2) is 22.4 Å². The van der Waals surface area contributed by atoms with Gasteiger partial charge in [0.15, 0.2) is 0 Å². The van der Waals surface area contributed by atoms with Gasteiger partial charge in [-0.25, -0.2) is 4.79 Å². The molecule has 0 aliphatic carbocycles. The summed E-state index contributed by atoms with van der Waals surface area (Å²) in [5, 5.41) is 8.35. The first-order valence-corrected chi connectivity index (χ1v) is 5.31. The number of thioether (sulfide) groups is 1. The van der Waals surface area contributed by atoms with Crippen molar-refractivity contribution in [3.05, 3.63) is 23.1 Å². The van der Waals surface area contributed by atoms with Crippen LogP contribution in [0.5, 0.6) is 0 Å². The first-order chi connectivity index (χ1) is 5.72. The summed E-state index contributed by atoms with van der Waals surface area (Å²) in [6, 6.07) is 3.90. The Labute approximate surface area is 78.9 Å². The maximum Gasteiger partial charge on any atom is 0.328 e. The number of aliphatic carboxylic acids is 1. The fourth-order valence-corrected chi connectivity index (χ4v) is 2.15. The van der Waals surface area contributed by atoms with E-state index in [0.717, 1.165) is 11.0 Å². The lowest BCUT2D eigenvalue weighted by molar-refractivity contribution is -0.131. The molecule has 0 unspecified atom stereocenters. The molecule has 0 radical (unpaired) electrons. The molecule has 0 saturated heterocycles. The van der Waals surface area contributed by atoms with Gasteiger partial charge in [0.2, 0.25) is 0 Å². The molecule has 0 saturated carbocycles. The van der Waals surface area contributed by atoms with Gasteiger partial charge in [0, 0.05) is 11.0 Å². The Kier molecular flexibility index (Phi) is 3.37. The number of carbonyl (C=O) groups is 1. The van der Waals surface area contributed by atoms with Crippen molar-refractivity contribution in [1.82, 2.24) is 0 Å². The summed E-state index contributed by atoms with van der Waals surface area (Å²) in [6.45, 7) is 0. The largest absolute Gasteiger partial charge is 0.478 e. The first kappa shape index (κ1) is 9.35. The highest BCUT2D eigenvalue weighted by Crippen LogP contribution is 2.25. The Morgan fingerprint density at radius 1 is 1.67 bits per heavy atom. The van der Waals surface area contributed by atoms with Crippen LogP contribution in [0.2, 0.25) is 0 Å². The molecule has 0 amide bonds. The number of thiophene rings is 1. The maximum absolute atomic E-state index is 10.2. The minimum atomic E-state index is -0.908. The van der Waals surface area contributed by atoms with Crippen molar-refractivity contribution in [1.29, 1.82) is 0 Å². The second kappa shape index (κ2) is 4.33. The minimum absolute atomic E-state index is 0.908. The molecule has 0 atom stereocenters. The summed E-state index contributed by atoms with van der Waals surface area (Å²) in [7, 11) is 0. The van der Waals surface area contributed by atoms with E-state index in [1.807, 2.05) is 18.4 Å². The zero-order chi connectivity index (χ0) is 8.97. The molecule has 1 rings (SSSR count). The predicted octanol–water partition coefficient (Wildman–Crippen LogP) is 2.57. The number of carboxylic acids is 1. The monoisotopic (exact) mass is 200 g/mol. The summed E-state index contributed by atoms with van der Waals surface area (Å²) < 4.78 is 1.19. The Morgan fingerprint density at radius 2 is 2.42 bits per heavy atom. The Hall–Kier alpha value is -0.740. The molecule has 64 valence electrons. The van der Waals surface area contributed by atoms with Crippen LogP contribution in [-0.4, -0.2) is 17.3 Å². The van der Waals surface area contributed by atoms with Gasteiger partial charge in [-0.2, -0.15) is 0 Å². The van der Waals surface area contributed by atoms with Gasteiger partial charge in [0.05, 0.1) is 4.21 Å². The van der Waals surface area contributed by atoms with Crippen LogP contribution < -0.4 is 0 Å². The average molecular weight is 200 g/mol. The lowest BCUT2D eigenvalue weighted by atomic mass is 10.4. The third-order valence-electron chi connectivity index (χ3n) is 1.19. The summed E-state index contributed by atoms with van der Waals surface area (Å²) in [5.41, 5.74) is 0. The molecule has 1 heterocycles. The van der Waals surface area contributed by atoms with Gasteiger partial charge in [-0.1, -0.05) is 0 Å². The van der Waals surface area contributed by atoms with Crippen molar-refractivity contribution in [3.8, 4) is 0 Å². The lowest BCUT2D eigenvalue weighted by Gasteiger charge is -1.83. The number of hydrogen-bond acceptors (Lipinski definition) is 3. The molecule has 0 bridgehead atoms. The molecule has 0 aromatic carbocycles. The van der Waals surface area contributed by atoms with E-state index in [9.17, 15) is 4.79 Å². The van der Waals surface area contributed by atoms with Crippen LogP contribution in [0.25, 0.3) is 6.08 Å². The van der Waals surface area contributed by atoms with Crippen LogP contribution in [0.1, 0.15) is 4.88 Å². The third kappa shape index (κ3) is 2.71. The molecule has 0 spiro atoms. The van der Waals surface area contributed by atoms with E-state index in [2.05, 4.69) is 0 Å². The molecular formula is C8H8O2S2. The van der Waals surface area contributed by atoms with E-state index in [1.54, 1.807) is 29.2 Å². The third-order valence-corrected chi connectivity index (χ3v) is 3.33. The van der Waals surface area contributed by atoms with Crippen LogP contribution in [0.3, 0.4) is 0 Å². The molecule has 4 heteroatoms. The van der Waals surface area contributed by atoms with Crippen LogP contribution in [-0.2, 0) is 4.79 Å². The van der Waals surface area contributed by atoms with Crippen molar-refractivity contribution in [2.24, 2.45) is 0 Å². The van der Waals surface area contributed by atoms with Gasteiger partial charge < -0.3 is 5.11 Å². The van der Waals surface area contributed by atoms with E-state index >= 15 is 0 Å². The van der Waals surface area contributed by atoms with E-state index in [4.69, 9.17) is 5.11 Å². The molecule has 0 aliphatic heterocycles. The van der Waals surface area contributed by atoms with Crippen molar-refractivity contribution in [2.45, 2.75) is 4.21 Å². The van der Waals surface area contributed by atoms with Gasteiger partial charge >= 0.3 is 5.97 Å². The second-order valence-electron chi connectivity index (χ2n) is 2.03.